The average Bonchev–Trinajstić information content (AvgIpc) is 2.46. The van der Waals surface area contributed by atoms with Gasteiger partial charge in [-0.3, -0.25) is 0 Å². The molecule has 0 unspecified atom stereocenters. The number of rotatable bonds is 6. The van der Waals surface area contributed by atoms with Crippen molar-refractivity contribution in [3.05, 3.63) is 36.4 Å². The largest absolute Gasteiger partial charge is 0.505 e. The molecule has 0 saturated carbocycles. The summed E-state index contributed by atoms with van der Waals surface area (Å²) in [5, 5.41) is 1.60. The molecule has 0 aliphatic carbocycles. The third kappa shape index (κ3) is 3.22. The number of benzene rings is 2. The Hall–Kier alpha value is -1.33. The Bertz CT molecular complexity index is 721. The van der Waals surface area contributed by atoms with Gasteiger partial charge in [0.25, 0.3) is 4.90 Å². The van der Waals surface area contributed by atoms with Crippen molar-refractivity contribution in [3.8, 4) is 0 Å². The minimum atomic E-state index is -3.23. The molecule has 0 amide bonds. The van der Waals surface area contributed by atoms with Crippen LogP contribution in [0.2, 0.25) is 0 Å². The number of fused-ring (bicyclic) bond motifs is 1. The summed E-state index contributed by atoms with van der Waals surface area (Å²) in [6, 6.07) is 10.3. The first-order valence-electron chi connectivity index (χ1n) is 6.64. The van der Waals surface area contributed by atoms with Crippen LogP contribution in [0.15, 0.2) is 46.2 Å². The Balaban J connectivity index is 2.39. The summed E-state index contributed by atoms with van der Waals surface area (Å²) in [4.78, 5) is 0.964. The molecule has 0 heterocycles. The molecule has 0 aromatic heterocycles. The van der Waals surface area contributed by atoms with E-state index in [4.69, 9.17) is 0 Å². The van der Waals surface area contributed by atoms with E-state index in [1.807, 2.05) is 13.0 Å². The van der Waals surface area contributed by atoms with E-state index >= 15 is 0 Å². The first kappa shape index (κ1) is 15.1. The fourth-order valence-corrected chi connectivity index (χ4v) is 3.97. The summed E-state index contributed by atoms with van der Waals surface area (Å²) < 4.78 is 35.5. The predicted molar refractivity (Wildman–Crippen MR) is 81.8 cm³/mol. The highest BCUT2D eigenvalue weighted by atomic mass is 32.2. The lowest BCUT2D eigenvalue weighted by Gasteiger charge is -2.05. The lowest BCUT2D eigenvalue weighted by molar-refractivity contribution is 0.591. The molecule has 0 atom stereocenters. The smallest absolute Gasteiger partial charge is 0.224 e. The maximum atomic E-state index is 12.2. The second-order valence-electron chi connectivity index (χ2n) is 4.75. The van der Waals surface area contributed by atoms with Gasteiger partial charge in [0, 0.05) is 10.3 Å². The van der Waals surface area contributed by atoms with Crippen LogP contribution in [0, 0.1) is 0 Å². The molecule has 0 N–H and O–H groups in total. The van der Waals surface area contributed by atoms with E-state index in [1.54, 1.807) is 30.3 Å². The number of unbranched alkanes of at least 4 members (excludes halogenated alkanes) is 2. The topological polar surface area (TPSA) is 51.2 Å². The van der Waals surface area contributed by atoms with Gasteiger partial charge in [0.15, 0.2) is 9.84 Å². The van der Waals surface area contributed by atoms with Crippen molar-refractivity contribution >= 4 is 32.3 Å². The maximum absolute atomic E-state index is 12.2. The predicted octanol–water partition coefficient (Wildman–Crippen LogP) is 3.59. The molecule has 20 heavy (non-hydrogen) atoms. The fourth-order valence-electron chi connectivity index (χ4n) is 2.16. The lowest BCUT2D eigenvalue weighted by atomic mass is 10.1. The van der Waals surface area contributed by atoms with Gasteiger partial charge >= 0.3 is 11.7 Å². The van der Waals surface area contributed by atoms with Gasteiger partial charge in [0.2, 0.25) is 0 Å². The van der Waals surface area contributed by atoms with Crippen molar-refractivity contribution in [1.29, 1.82) is 0 Å². The highest BCUT2D eigenvalue weighted by Crippen LogP contribution is 2.23. The van der Waals surface area contributed by atoms with Crippen LogP contribution >= 0.6 is 0 Å². The molecule has 0 aliphatic rings. The van der Waals surface area contributed by atoms with E-state index in [1.165, 1.54) is 0 Å². The van der Waals surface area contributed by atoms with Gasteiger partial charge in [0.05, 0.1) is 16.0 Å². The zero-order valence-corrected chi connectivity index (χ0v) is 13.0. The summed E-state index contributed by atoms with van der Waals surface area (Å²) in [7, 11) is -3.23. The summed E-state index contributed by atoms with van der Waals surface area (Å²) in [6.45, 7) is 2.05. The van der Waals surface area contributed by atoms with Crippen LogP contribution in [0.25, 0.3) is 10.8 Å². The van der Waals surface area contributed by atoms with E-state index in [0.29, 0.717) is 27.9 Å². The Labute approximate surface area is 123 Å². The minimum absolute atomic E-state index is 0.183. The molecule has 0 saturated heterocycles. The summed E-state index contributed by atoms with van der Waals surface area (Å²) >= 11 is 0.429. The van der Waals surface area contributed by atoms with E-state index < -0.39 is 9.84 Å². The van der Waals surface area contributed by atoms with Crippen molar-refractivity contribution in [2.45, 2.75) is 36.0 Å². The lowest BCUT2D eigenvalue weighted by Crippen LogP contribution is -2.06. The quantitative estimate of drug-likeness (QED) is 0.605. The molecule has 0 aliphatic heterocycles. The van der Waals surface area contributed by atoms with Crippen molar-refractivity contribution < 1.29 is 12.6 Å². The zero-order chi connectivity index (χ0) is 14.6. The monoisotopic (exact) mass is 309 g/mol. The van der Waals surface area contributed by atoms with Gasteiger partial charge in [-0.1, -0.05) is 31.9 Å². The third-order valence-electron chi connectivity index (χ3n) is 3.28. The van der Waals surface area contributed by atoms with Crippen LogP contribution in [0.3, 0.4) is 0 Å². The van der Waals surface area contributed by atoms with Crippen molar-refractivity contribution in [2.24, 2.45) is 0 Å². The molecule has 0 fully saturated rings. The Kier molecular flexibility index (Phi) is 4.83. The van der Waals surface area contributed by atoms with Crippen LogP contribution in [0.1, 0.15) is 26.2 Å². The molecule has 0 spiro atoms. The minimum Gasteiger partial charge on any atom is -0.224 e. The van der Waals surface area contributed by atoms with Gasteiger partial charge in [-0.15, -0.1) is 0 Å². The van der Waals surface area contributed by atoms with E-state index in [-0.39, 0.29) is 5.75 Å². The molecule has 0 bridgehead atoms. The first-order valence-corrected chi connectivity index (χ1v) is 9.03. The number of hydrogen-bond acceptors (Lipinski definition) is 3. The van der Waals surface area contributed by atoms with Crippen molar-refractivity contribution in [2.75, 3.05) is 5.75 Å². The molecule has 3 nitrogen and oxygen atoms in total. The summed E-state index contributed by atoms with van der Waals surface area (Å²) in [5.74, 6) is 0.183. The van der Waals surface area contributed by atoms with E-state index in [9.17, 15) is 12.6 Å². The third-order valence-corrected chi connectivity index (χ3v) is 5.61. The van der Waals surface area contributed by atoms with Gasteiger partial charge in [-0.25, -0.2) is 8.42 Å². The highest BCUT2D eigenvalue weighted by molar-refractivity contribution is 7.91. The summed E-state index contributed by atoms with van der Waals surface area (Å²) in [5.41, 5.74) is 0. The van der Waals surface area contributed by atoms with Crippen LogP contribution < -0.4 is 0 Å². The Morgan fingerprint density at radius 3 is 2.60 bits per heavy atom. The normalized spacial score (nSPS) is 11.7. The average molecular weight is 309 g/mol. The van der Waals surface area contributed by atoms with Crippen LogP contribution in [-0.2, 0) is 25.7 Å². The van der Waals surface area contributed by atoms with Gasteiger partial charge in [0.1, 0.15) is 0 Å². The van der Waals surface area contributed by atoms with Crippen LogP contribution in [0.4, 0.5) is 0 Å². The molecule has 106 valence electrons. The number of sulfone groups is 1. The molecule has 2 aromatic rings. The Morgan fingerprint density at radius 1 is 1.10 bits per heavy atom. The highest BCUT2D eigenvalue weighted by Gasteiger charge is 2.17. The van der Waals surface area contributed by atoms with Crippen molar-refractivity contribution in [3.63, 3.8) is 0 Å². The second kappa shape index (κ2) is 6.41. The van der Waals surface area contributed by atoms with Crippen LogP contribution in [0.5, 0.6) is 0 Å². The van der Waals surface area contributed by atoms with E-state index in [2.05, 4.69) is 0 Å². The molecule has 5 heteroatoms. The zero-order valence-electron chi connectivity index (χ0n) is 11.3. The van der Waals surface area contributed by atoms with Gasteiger partial charge < -0.3 is 0 Å². The SMILES string of the molecule is CCCCCS(=O)(=O)c1ccc2c([S+]=O)cccc2c1. The standard InChI is InChI=1S/C15H17O3S2/c1-2-3-4-10-20(17,18)13-8-9-14-12(11-13)6-5-7-15(14)19-16/h5-9,11H,2-4,10H2,1H3/q+1. The van der Waals surface area contributed by atoms with Gasteiger partial charge in [-0.05, 0) is 30.0 Å². The summed E-state index contributed by atoms with van der Waals surface area (Å²) in [6.07, 6.45) is 2.61. The maximum Gasteiger partial charge on any atom is 0.505 e. The number of hydrogen-bond donors (Lipinski definition) is 0. The van der Waals surface area contributed by atoms with Crippen LogP contribution in [-0.4, -0.2) is 14.2 Å². The van der Waals surface area contributed by atoms with E-state index in [0.717, 1.165) is 23.6 Å². The van der Waals surface area contributed by atoms with Gasteiger partial charge in [-0.2, -0.15) is 0 Å². The fraction of sp³-hybridized carbons (Fsp3) is 0.333. The second-order valence-corrected chi connectivity index (χ2v) is 7.46. The molecule has 2 aromatic carbocycles. The molecule has 2 rings (SSSR count). The molecular weight excluding hydrogens is 292 g/mol. The molecule has 0 radical (unpaired) electrons. The Morgan fingerprint density at radius 2 is 1.90 bits per heavy atom. The molecular formula is C15H17O3S2+. The first-order chi connectivity index (χ1) is 9.58. The van der Waals surface area contributed by atoms with Crippen molar-refractivity contribution in [1.82, 2.24) is 0 Å².